The number of ether oxygens (including phenoxy) is 2. The van der Waals surface area contributed by atoms with Gasteiger partial charge in [-0.05, 0) is 155 Å². The van der Waals surface area contributed by atoms with Gasteiger partial charge in [0, 0.05) is 34.5 Å². The number of carbonyl (C=O) groups excluding carboxylic acids is 6. The Bertz CT molecular complexity index is 2860. The fourth-order valence-corrected chi connectivity index (χ4v) is 7.77. The first-order valence-corrected chi connectivity index (χ1v) is 24.3. The van der Waals surface area contributed by atoms with Gasteiger partial charge < -0.3 is 30.7 Å². The Hall–Kier alpha value is -6.43. The molecule has 0 radical (unpaired) electrons. The molecule has 4 amide bonds. The summed E-state index contributed by atoms with van der Waals surface area (Å²) in [6.07, 6.45) is 1.03. The van der Waals surface area contributed by atoms with Crippen molar-refractivity contribution in [1.82, 2.24) is 0 Å². The van der Waals surface area contributed by atoms with E-state index in [1.165, 1.54) is 68.4 Å². The van der Waals surface area contributed by atoms with Gasteiger partial charge >= 0.3 is 0 Å². The van der Waals surface area contributed by atoms with Gasteiger partial charge in [0.15, 0.2) is 11.6 Å². The van der Waals surface area contributed by atoms with Gasteiger partial charge in [0.05, 0.1) is 51.1 Å². The van der Waals surface area contributed by atoms with Crippen LogP contribution in [0.1, 0.15) is 77.4 Å². The molecule has 0 aromatic heterocycles. The summed E-state index contributed by atoms with van der Waals surface area (Å²) in [5.41, 5.74) is 3.67. The molecule has 0 bridgehead atoms. The quantitative estimate of drug-likeness (QED) is 0.0279. The normalized spacial score (nSPS) is 12.5. The van der Waals surface area contributed by atoms with Crippen LogP contribution in [0.3, 0.4) is 0 Å². The van der Waals surface area contributed by atoms with E-state index < -0.39 is 52.7 Å². The molecule has 0 heterocycles. The molecule has 0 saturated carbocycles. The van der Waals surface area contributed by atoms with E-state index in [4.69, 9.17) is 67.5 Å². The summed E-state index contributed by atoms with van der Waals surface area (Å²) in [5.74, 6) is -2.06. The Balaban J connectivity index is 1.27. The number of ketones is 2. The molecule has 0 saturated heterocycles. The maximum absolute atomic E-state index is 13.6. The predicted molar refractivity (Wildman–Crippen MR) is 279 cm³/mol. The summed E-state index contributed by atoms with van der Waals surface area (Å²) in [6.45, 7) is 8.59. The zero-order valence-electron chi connectivity index (χ0n) is 39.1. The minimum Gasteiger partial charge on any atom is -0.494 e. The monoisotopic (exact) mass is 1060 g/mol. The van der Waals surface area contributed by atoms with E-state index in [9.17, 15) is 28.8 Å². The van der Waals surface area contributed by atoms with Crippen molar-refractivity contribution in [1.29, 1.82) is 0 Å². The second-order valence-corrected chi connectivity index (χ2v) is 17.7. The van der Waals surface area contributed by atoms with Crippen molar-refractivity contribution in [3.05, 3.63) is 129 Å². The second kappa shape index (κ2) is 26.7. The molecule has 21 heteroatoms. The van der Waals surface area contributed by atoms with E-state index in [1.54, 1.807) is 43.3 Å². The van der Waals surface area contributed by atoms with Crippen molar-refractivity contribution < 1.29 is 38.2 Å². The van der Waals surface area contributed by atoms with Crippen LogP contribution in [0.2, 0.25) is 10.0 Å². The molecular formula is C50H49Cl5N8O8. The van der Waals surface area contributed by atoms with E-state index in [0.717, 1.165) is 11.1 Å². The number of hydrogen-bond acceptors (Lipinski definition) is 12. The third kappa shape index (κ3) is 15.5. The fourth-order valence-electron chi connectivity index (χ4n) is 6.78. The lowest BCUT2D eigenvalue weighted by atomic mass is 10.1. The number of carbonyl (C=O) groups is 6. The second-order valence-electron chi connectivity index (χ2n) is 15.5. The molecular weight excluding hydrogens is 1020 g/mol. The molecule has 0 spiro atoms. The van der Waals surface area contributed by atoms with E-state index in [0.29, 0.717) is 66.3 Å². The molecule has 4 N–H and O–H groups in total. The van der Waals surface area contributed by atoms with Gasteiger partial charge in [-0.2, -0.15) is 20.5 Å². The van der Waals surface area contributed by atoms with Crippen LogP contribution >= 0.6 is 58.0 Å². The molecule has 0 aliphatic carbocycles. The molecule has 0 aliphatic heterocycles. The Morgan fingerprint density at radius 3 is 1.39 bits per heavy atom. The smallest absolute Gasteiger partial charge is 0.258 e. The first-order chi connectivity index (χ1) is 34.0. The third-order valence-electron chi connectivity index (χ3n) is 10.2. The van der Waals surface area contributed by atoms with Crippen LogP contribution in [0.5, 0.6) is 11.5 Å². The Labute approximate surface area is 435 Å². The summed E-state index contributed by atoms with van der Waals surface area (Å²) in [7, 11) is 0. The molecule has 71 heavy (non-hydrogen) atoms. The third-order valence-corrected chi connectivity index (χ3v) is 11.5. The highest BCUT2D eigenvalue weighted by Crippen LogP contribution is 2.33. The molecule has 16 nitrogen and oxygen atoms in total. The minimum atomic E-state index is -1.62. The molecule has 3 unspecified atom stereocenters. The number of alkyl halides is 3. The van der Waals surface area contributed by atoms with Gasteiger partial charge in [0.1, 0.15) is 11.5 Å². The highest BCUT2D eigenvalue weighted by Gasteiger charge is 2.27. The lowest BCUT2D eigenvalue weighted by Gasteiger charge is -2.17. The Kier molecular flexibility index (Phi) is 20.9. The van der Waals surface area contributed by atoms with Gasteiger partial charge in [-0.25, -0.2) is 0 Å². The van der Waals surface area contributed by atoms with Crippen LogP contribution in [0.4, 0.5) is 34.1 Å². The number of Topliss-reactive ketones (excluding diaryl/α,β-unsaturated/α-hetero) is 2. The number of nitrogens with zero attached hydrogens (tertiary/aromatic N) is 4. The van der Waals surface area contributed by atoms with Crippen LogP contribution < -0.4 is 30.7 Å². The number of rotatable bonds is 23. The fraction of sp³-hybridized carbons (Fsp3) is 0.280. The number of azo groups is 2. The number of aryl methyl sites for hydroxylation is 2. The average Bonchev–Trinajstić information content (AvgIpc) is 3.32. The van der Waals surface area contributed by atoms with Crippen molar-refractivity contribution in [2.24, 2.45) is 20.5 Å². The summed E-state index contributed by atoms with van der Waals surface area (Å²) in [4.78, 5) is 79.2. The molecule has 0 aliphatic rings. The molecule has 5 aromatic rings. The van der Waals surface area contributed by atoms with Crippen molar-refractivity contribution >= 4 is 127 Å². The number of hydrogen-bond donors (Lipinski definition) is 4. The van der Waals surface area contributed by atoms with Crippen molar-refractivity contribution in [2.45, 2.75) is 64.9 Å². The van der Waals surface area contributed by atoms with E-state index in [1.807, 2.05) is 13.8 Å². The summed E-state index contributed by atoms with van der Waals surface area (Å²) >= 11 is 31.3. The van der Waals surface area contributed by atoms with Crippen LogP contribution in [0.15, 0.2) is 111 Å². The molecule has 0 fully saturated rings. The molecule has 3 atom stereocenters. The van der Waals surface area contributed by atoms with Crippen LogP contribution in [-0.2, 0) is 32.0 Å². The van der Waals surface area contributed by atoms with Gasteiger partial charge in [0.2, 0.25) is 12.1 Å². The highest BCUT2D eigenvalue weighted by molar-refractivity contribution is 6.35. The summed E-state index contributed by atoms with van der Waals surface area (Å²) in [6, 6.07) is 20.0. The van der Waals surface area contributed by atoms with Crippen LogP contribution in [0, 0.1) is 0 Å². The van der Waals surface area contributed by atoms with Crippen LogP contribution in [-0.4, -0.2) is 72.3 Å². The number of nitrogens with one attached hydrogen (secondary N) is 4. The lowest BCUT2D eigenvalue weighted by molar-refractivity contribution is -0.127. The number of amides is 4. The number of anilines is 4. The molecule has 372 valence electrons. The maximum atomic E-state index is 13.6. The van der Waals surface area contributed by atoms with Crippen molar-refractivity contribution in [3.63, 3.8) is 0 Å². The SMILES string of the molecule is CCOc1ccc(NC(=O)c2cc(N=NC(C(C)=O)C(=O)Nc3ccc(NC(=O)C(N=Nc4ccc(Cl)c(C(=O)Nc5ccc(OCC)c(CCCl)c5)c4)C(C)=O)c(C(C)Cl)c3)ccc2Cl)cc1CCCl. The van der Waals surface area contributed by atoms with Crippen molar-refractivity contribution in [2.75, 3.05) is 46.2 Å². The zero-order chi connectivity index (χ0) is 51.8. The summed E-state index contributed by atoms with van der Waals surface area (Å²) < 4.78 is 11.3. The number of benzene rings is 5. The van der Waals surface area contributed by atoms with Crippen LogP contribution in [0.25, 0.3) is 0 Å². The van der Waals surface area contributed by atoms with Gasteiger partial charge in [0.25, 0.3) is 23.6 Å². The van der Waals surface area contributed by atoms with Gasteiger partial charge in [-0.15, -0.1) is 34.8 Å². The topological polar surface area (TPSA) is 218 Å². The van der Waals surface area contributed by atoms with Gasteiger partial charge in [-0.3, -0.25) is 28.8 Å². The number of halogens is 5. The zero-order valence-corrected chi connectivity index (χ0v) is 42.9. The largest absolute Gasteiger partial charge is 0.494 e. The molecule has 5 rings (SSSR count). The molecule has 5 aromatic carbocycles. The highest BCUT2D eigenvalue weighted by atomic mass is 35.5. The average molecular weight is 1070 g/mol. The van der Waals surface area contributed by atoms with Gasteiger partial charge in [-0.1, -0.05) is 23.2 Å². The van der Waals surface area contributed by atoms with E-state index in [-0.39, 0.29) is 43.9 Å². The maximum Gasteiger partial charge on any atom is 0.258 e. The standard InChI is InChI=1S/C50H49Cl5N8O8/c1-6-70-43-16-11-32(22-30(43)18-20-51)56-47(66)38-25-35(8-13-40(38)54)60-62-45(28(4)64)49(68)58-34-10-15-42(37(24-34)27(3)53)59-50(69)46(29(5)65)63-61-36-9-14-41(55)39(26-36)48(67)57-33-12-17-44(71-7-2)31(23-33)19-21-52/h8-17,22-27,45-46H,6-7,18-21H2,1-5H3,(H,56,66)(H,57,67)(H,58,68)(H,59,69). The predicted octanol–water partition coefficient (Wildman–Crippen LogP) is 12.5. The lowest BCUT2D eigenvalue weighted by Crippen LogP contribution is -2.32. The first kappa shape index (κ1) is 55.5. The summed E-state index contributed by atoms with van der Waals surface area (Å²) in [5, 5.41) is 26.6. The van der Waals surface area contributed by atoms with E-state index in [2.05, 4.69) is 41.7 Å². The minimum absolute atomic E-state index is 0.0569. The first-order valence-electron chi connectivity index (χ1n) is 22.0. The Morgan fingerprint density at radius 2 is 0.986 bits per heavy atom. The Morgan fingerprint density at radius 1 is 0.563 bits per heavy atom. The van der Waals surface area contributed by atoms with Crippen molar-refractivity contribution in [3.8, 4) is 11.5 Å². The van der Waals surface area contributed by atoms with E-state index >= 15 is 0 Å².